The van der Waals surface area contributed by atoms with Gasteiger partial charge in [-0.15, -0.1) is 0 Å². The Kier molecular flexibility index (Phi) is 12.1. The molecule has 234 valence electrons. The van der Waals surface area contributed by atoms with Crippen LogP contribution in [-0.4, -0.2) is 33.2 Å². The van der Waals surface area contributed by atoms with Crippen LogP contribution in [0.15, 0.2) is 48.5 Å². The predicted octanol–water partition coefficient (Wildman–Crippen LogP) is 9.76. The first kappa shape index (κ1) is 32.9. The summed E-state index contributed by atoms with van der Waals surface area (Å²) in [5.74, 6) is 8.90. The molecule has 1 amide bonds. The fourth-order valence-electron chi connectivity index (χ4n) is 5.42. The number of alkyl carbamates (subject to hydrolysis) is 1. The van der Waals surface area contributed by atoms with E-state index < -0.39 is 5.60 Å². The number of nitrogens with one attached hydrogen (secondary N) is 3. The fourth-order valence-corrected chi connectivity index (χ4v) is 5.42. The number of amides is 1. The number of ether oxygens (including phenoxy) is 1. The van der Waals surface area contributed by atoms with Gasteiger partial charge in [0.05, 0.1) is 5.52 Å². The Morgan fingerprint density at radius 1 is 0.932 bits per heavy atom. The SMILES string of the molecule is CCCC(CCC)c1nc2c([nH]1)c(Nc1ccc(C#CCCCCCCCNC(=O)OC(C)(C)C)cc1)nc1ccccc12. The minimum absolute atomic E-state index is 0.339. The maximum atomic E-state index is 11.7. The number of anilines is 2. The van der Waals surface area contributed by atoms with E-state index in [1.54, 1.807) is 0 Å². The summed E-state index contributed by atoms with van der Waals surface area (Å²) < 4.78 is 5.26. The highest BCUT2D eigenvalue weighted by atomic mass is 16.6. The molecule has 0 aliphatic heterocycles. The first-order chi connectivity index (χ1) is 21.3. The number of hydrogen-bond acceptors (Lipinski definition) is 5. The van der Waals surface area contributed by atoms with E-state index in [-0.39, 0.29) is 6.09 Å². The van der Waals surface area contributed by atoms with Crippen molar-refractivity contribution in [1.29, 1.82) is 0 Å². The van der Waals surface area contributed by atoms with E-state index in [4.69, 9.17) is 14.7 Å². The molecule has 7 nitrogen and oxygen atoms in total. The van der Waals surface area contributed by atoms with E-state index in [9.17, 15) is 4.79 Å². The molecular weight excluding hydrogens is 546 g/mol. The number of carbonyl (C=O) groups is 1. The largest absolute Gasteiger partial charge is 0.444 e. The van der Waals surface area contributed by atoms with E-state index in [1.165, 1.54) is 0 Å². The Morgan fingerprint density at radius 3 is 2.36 bits per heavy atom. The summed E-state index contributed by atoms with van der Waals surface area (Å²) in [6, 6.07) is 16.5. The number of nitrogens with zero attached hydrogens (tertiary/aromatic N) is 2. The average molecular weight is 596 g/mol. The average Bonchev–Trinajstić information content (AvgIpc) is 3.44. The number of unbranched alkanes of at least 4 members (excludes halogenated alkanes) is 5. The monoisotopic (exact) mass is 595 g/mol. The lowest BCUT2D eigenvalue weighted by atomic mass is 9.98. The maximum absolute atomic E-state index is 11.7. The molecule has 0 saturated carbocycles. The smallest absolute Gasteiger partial charge is 0.407 e. The minimum atomic E-state index is -0.455. The van der Waals surface area contributed by atoms with Crippen molar-refractivity contribution in [2.24, 2.45) is 0 Å². The second-order valence-corrected chi connectivity index (χ2v) is 12.5. The van der Waals surface area contributed by atoms with Gasteiger partial charge in [0.2, 0.25) is 0 Å². The van der Waals surface area contributed by atoms with Crippen LogP contribution in [0.25, 0.3) is 21.9 Å². The van der Waals surface area contributed by atoms with Gasteiger partial charge in [0.25, 0.3) is 0 Å². The molecule has 0 atom stereocenters. The van der Waals surface area contributed by atoms with E-state index in [1.807, 2.05) is 32.9 Å². The van der Waals surface area contributed by atoms with Crippen LogP contribution in [0.3, 0.4) is 0 Å². The fraction of sp³-hybridized carbons (Fsp3) is 0.486. The van der Waals surface area contributed by atoms with Gasteiger partial charge in [0, 0.05) is 35.5 Å². The van der Waals surface area contributed by atoms with Crippen molar-refractivity contribution in [2.45, 2.75) is 110 Å². The van der Waals surface area contributed by atoms with E-state index in [0.29, 0.717) is 12.5 Å². The molecule has 0 bridgehead atoms. The number of fused-ring (bicyclic) bond motifs is 3. The molecule has 2 heterocycles. The Morgan fingerprint density at radius 2 is 1.64 bits per heavy atom. The molecule has 0 spiro atoms. The molecule has 2 aromatic heterocycles. The predicted molar refractivity (Wildman–Crippen MR) is 182 cm³/mol. The lowest BCUT2D eigenvalue weighted by molar-refractivity contribution is 0.0527. The maximum Gasteiger partial charge on any atom is 0.407 e. The number of rotatable bonds is 14. The van der Waals surface area contributed by atoms with Crippen LogP contribution >= 0.6 is 0 Å². The third-order valence-corrected chi connectivity index (χ3v) is 7.54. The van der Waals surface area contributed by atoms with Crippen molar-refractivity contribution in [2.75, 3.05) is 11.9 Å². The molecule has 4 rings (SSSR count). The zero-order valence-corrected chi connectivity index (χ0v) is 27.2. The summed E-state index contributed by atoms with van der Waals surface area (Å²) in [7, 11) is 0. The van der Waals surface area contributed by atoms with Crippen molar-refractivity contribution >= 4 is 39.5 Å². The van der Waals surface area contributed by atoms with Crippen molar-refractivity contribution in [3.05, 3.63) is 59.9 Å². The van der Waals surface area contributed by atoms with E-state index in [0.717, 1.165) is 109 Å². The van der Waals surface area contributed by atoms with Gasteiger partial charge < -0.3 is 20.4 Å². The van der Waals surface area contributed by atoms with Crippen LogP contribution in [0, 0.1) is 11.8 Å². The third kappa shape index (κ3) is 9.74. The Bertz CT molecular complexity index is 1550. The second kappa shape index (κ2) is 16.1. The van der Waals surface area contributed by atoms with Crippen molar-refractivity contribution in [1.82, 2.24) is 20.3 Å². The minimum Gasteiger partial charge on any atom is -0.444 e. The van der Waals surface area contributed by atoms with Crippen LogP contribution in [0.5, 0.6) is 0 Å². The topological polar surface area (TPSA) is 91.9 Å². The number of aromatic nitrogens is 3. The lowest BCUT2D eigenvalue weighted by Crippen LogP contribution is -2.32. The summed E-state index contributed by atoms with van der Waals surface area (Å²) in [5.41, 5.74) is 4.39. The molecule has 0 unspecified atom stereocenters. The Balaban J connectivity index is 1.29. The van der Waals surface area contributed by atoms with E-state index in [2.05, 4.69) is 77.7 Å². The zero-order valence-electron chi connectivity index (χ0n) is 27.2. The third-order valence-electron chi connectivity index (χ3n) is 7.54. The normalized spacial score (nSPS) is 11.5. The number of carbonyl (C=O) groups excluding carboxylic acids is 1. The quantitative estimate of drug-likeness (QED) is 0.0997. The van der Waals surface area contributed by atoms with Gasteiger partial charge in [-0.25, -0.2) is 14.8 Å². The molecule has 44 heavy (non-hydrogen) atoms. The lowest BCUT2D eigenvalue weighted by Gasteiger charge is -2.19. The first-order valence-corrected chi connectivity index (χ1v) is 16.4. The zero-order chi connectivity index (χ0) is 31.4. The summed E-state index contributed by atoms with van der Waals surface area (Å²) in [6.07, 6.45) is 10.5. The molecule has 7 heteroatoms. The van der Waals surface area contributed by atoms with Crippen LogP contribution in [-0.2, 0) is 4.74 Å². The van der Waals surface area contributed by atoms with Crippen molar-refractivity contribution in [3.8, 4) is 11.8 Å². The Labute approximate surface area is 263 Å². The highest BCUT2D eigenvalue weighted by Crippen LogP contribution is 2.33. The van der Waals surface area contributed by atoms with Gasteiger partial charge in [0.1, 0.15) is 22.5 Å². The number of pyridine rings is 1. The van der Waals surface area contributed by atoms with Gasteiger partial charge in [-0.3, -0.25) is 0 Å². The number of H-pyrrole nitrogens is 1. The van der Waals surface area contributed by atoms with Crippen LogP contribution in [0.4, 0.5) is 16.3 Å². The van der Waals surface area contributed by atoms with Gasteiger partial charge in [-0.05, 0) is 76.8 Å². The molecule has 0 aliphatic rings. The molecule has 0 saturated heterocycles. The van der Waals surface area contributed by atoms with E-state index >= 15 is 0 Å². The van der Waals surface area contributed by atoms with Crippen LogP contribution in [0.1, 0.15) is 116 Å². The van der Waals surface area contributed by atoms with Gasteiger partial charge >= 0.3 is 6.09 Å². The number of imidazole rings is 1. The highest BCUT2D eigenvalue weighted by molar-refractivity contribution is 6.07. The molecule has 4 aromatic rings. The molecule has 0 fully saturated rings. The molecule has 2 aromatic carbocycles. The number of para-hydroxylation sites is 1. The summed E-state index contributed by atoms with van der Waals surface area (Å²) in [4.78, 5) is 25.4. The van der Waals surface area contributed by atoms with Crippen molar-refractivity contribution < 1.29 is 9.53 Å². The summed E-state index contributed by atoms with van der Waals surface area (Å²) in [5, 5.41) is 7.43. The first-order valence-electron chi connectivity index (χ1n) is 16.4. The molecular formula is C37H49N5O2. The molecule has 0 radical (unpaired) electrons. The summed E-state index contributed by atoms with van der Waals surface area (Å²) in [6.45, 7) is 10.7. The molecule has 3 N–H and O–H groups in total. The number of hydrogen-bond donors (Lipinski definition) is 3. The van der Waals surface area contributed by atoms with Crippen LogP contribution < -0.4 is 10.6 Å². The van der Waals surface area contributed by atoms with Crippen molar-refractivity contribution in [3.63, 3.8) is 0 Å². The van der Waals surface area contributed by atoms with Gasteiger partial charge in [0.15, 0.2) is 5.82 Å². The highest BCUT2D eigenvalue weighted by Gasteiger charge is 2.19. The van der Waals surface area contributed by atoms with Crippen LogP contribution in [0.2, 0.25) is 0 Å². The number of benzene rings is 2. The standard InChI is InChI=1S/C37H49N5O2/c1-6-17-28(18-7-2)34-41-32-30-20-14-15-21-31(30)40-35(33(32)42-34)39-29-24-22-27(23-25-29)19-13-11-9-8-10-12-16-26-38-36(43)44-37(3,4)5/h14-15,20-25,28H,6-12,16-18,26H2,1-5H3,(H,38,43)(H,39,40)(H,41,42). The van der Waals surface area contributed by atoms with Gasteiger partial charge in [-0.1, -0.05) is 76.0 Å². The molecule has 0 aliphatic carbocycles. The summed E-state index contributed by atoms with van der Waals surface area (Å²) >= 11 is 0. The van der Waals surface area contributed by atoms with Gasteiger partial charge in [-0.2, -0.15) is 0 Å². The second-order valence-electron chi connectivity index (χ2n) is 12.5. The number of aromatic amines is 1. The Hall–Kier alpha value is -4.05.